The second-order valence-electron chi connectivity index (χ2n) is 6.84. The lowest BCUT2D eigenvalue weighted by Gasteiger charge is -2.07. The first kappa shape index (κ1) is 18.0. The van der Waals surface area contributed by atoms with Crippen molar-refractivity contribution in [3.63, 3.8) is 0 Å². The minimum atomic E-state index is 0.943. The molecule has 0 N–H and O–H groups in total. The van der Waals surface area contributed by atoms with E-state index in [0.717, 1.165) is 34.2 Å². The van der Waals surface area contributed by atoms with Gasteiger partial charge in [-0.2, -0.15) is 0 Å². The minimum absolute atomic E-state index is 0.943. The molecule has 0 saturated heterocycles. The summed E-state index contributed by atoms with van der Waals surface area (Å²) in [6.07, 6.45) is 3.65. The maximum atomic E-state index is 4.50. The second-order valence-corrected chi connectivity index (χ2v) is 6.84. The summed E-state index contributed by atoms with van der Waals surface area (Å²) in [5.41, 5.74) is 10.0. The lowest BCUT2D eigenvalue weighted by Crippen LogP contribution is -2.01. The van der Waals surface area contributed by atoms with Crippen LogP contribution in [-0.2, 0) is 0 Å². The predicted molar refractivity (Wildman–Crippen MR) is 104 cm³/mol. The van der Waals surface area contributed by atoms with Crippen LogP contribution in [-0.4, -0.2) is 28.7 Å². The van der Waals surface area contributed by atoms with E-state index < -0.39 is 0 Å². The van der Waals surface area contributed by atoms with E-state index in [1.165, 1.54) is 22.5 Å². The molecule has 6 heteroatoms. The molecule has 4 aromatic rings. The number of imidazole rings is 2. The molecule has 0 radical (unpaired) electrons. The number of hydrogen-bond donors (Lipinski definition) is 0. The number of hydrogen-bond acceptors (Lipinski definition) is 4. The van der Waals surface area contributed by atoms with Crippen LogP contribution in [0.2, 0.25) is 0 Å². The summed E-state index contributed by atoms with van der Waals surface area (Å²) in [6, 6.07) is 0. The molecule has 0 aliphatic heterocycles. The third kappa shape index (κ3) is 2.85. The molecule has 26 heavy (non-hydrogen) atoms. The van der Waals surface area contributed by atoms with E-state index in [-0.39, 0.29) is 0 Å². The van der Waals surface area contributed by atoms with Crippen LogP contribution in [0.3, 0.4) is 0 Å². The van der Waals surface area contributed by atoms with Gasteiger partial charge in [0.15, 0.2) is 11.3 Å². The molecule has 4 rings (SSSR count). The van der Waals surface area contributed by atoms with Crippen LogP contribution < -0.4 is 0 Å². The summed E-state index contributed by atoms with van der Waals surface area (Å²) in [6.45, 7) is 16.4. The van der Waals surface area contributed by atoms with E-state index in [0.29, 0.717) is 0 Å². The molecule has 0 spiro atoms. The molecule has 0 aromatic carbocycles. The fourth-order valence-corrected chi connectivity index (χ4v) is 3.11. The highest BCUT2D eigenvalue weighted by Crippen LogP contribution is 2.15. The highest BCUT2D eigenvalue weighted by Gasteiger charge is 2.08. The van der Waals surface area contributed by atoms with Gasteiger partial charge in [-0.05, 0) is 66.5 Å². The van der Waals surface area contributed by atoms with E-state index >= 15 is 0 Å². The van der Waals surface area contributed by atoms with E-state index in [2.05, 4.69) is 52.0 Å². The highest BCUT2D eigenvalue weighted by molar-refractivity contribution is 5.47. The maximum Gasteiger partial charge on any atom is 0.159 e. The topological polar surface area (TPSA) is 60.4 Å². The van der Waals surface area contributed by atoms with Crippen LogP contribution in [0.1, 0.15) is 45.4 Å². The maximum absolute atomic E-state index is 4.50. The minimum Gasteiger partial charge on any atom is -0.287 e. The molecule has 0 aliphatic rings. The van der Waals surface area contributed by atoms with Crippen LogP contribution in [0.25, 0.3) is 11.3 Å². The molecule has 0 aliphatic carbocycles. The number of aromatic nitrogens is 6. The first-order chi connectivity index (χ1) is 12.2. The SMILES string of the molecule is Cc1nc2c(C)ncn2c(C)c1C.Cc1nc2cnc(C)n2c(C)c1C. The number of fused-ring (bicyclic) bond motifs is 2. The fourth-order valence-electron chi connectivity index (χ4n) is 3.11. The Labute approximate surface area is 154 Å². The van der Waals surface area contributed by atoms with Crippen molar-refractivity contribution in [1.82, 2.24) is 28.7 Å². The van der Waals surface area contributed by atoms with Crippen molar-refractivity contribution < 1.29 is 0 Å². The highest BCUT2D eigenvalue weighted by atomic mass is 15.1. The second kappa shape index (κ2) is 6.52. The van der Waals surface area contributed by atoms with Gasteiger partial charge in [-0.3, -0.25) is 8.80 Å². The van der Waals surface area contributed by atoms with Gasteiger partial charge in [0, 0.05) is 22.8 Å². The zero-order chi connectivity index (χ0) is 19.2. The van der Waals surface area contributed by atoms with Gasteiger partial charge in [0.25, 0.3) is 0 Å². The first-order valence-electron chi connectivity index (χ1n) is 8.77. The van der Waals surface area contributed by atoms with Crippen molar-refractivity contribution >= 4 is 11.3 Å². The van der Waals surface area contributed by atoms with E-state index in [9.17, 15) is 0 Å². The normalized spacial score (nSPS) is 11.1. The van der Waals surface area contributed by atoms with Gasteiger partial charge in [-0.15, -0.1) is 0 Å². The number of nitrogens with zero attached hydrogens (tertiary/aromatic N) is 6. The zero-order valence-electron chi connectivity index (χ0n) is 16.8. The monoisotopic (exact) mass is 350 g/mol. The molecule has 0 bridgehead atoms. The molecule has 6 nitrogen and oxygen atoms in total. The summed E-state index contributed by atoms with van der Waals surface area (Å²) in [7, 11) is 0. The van der Waals surface area contributed by atoms with E-state index in [1.54, 1.807) is 0 Å². The molecule has 136 valence electrons. The quantitative estimate of drug-likeness (QED) is 0.482. The van der Waals surface area contributed by atoms with Crippen molar-refractivity contribution in [3.8, 4) is 0 Å². The Hall–Kier alpha value is -2.76. The summed E-state index contributed by atoms with van der Waals surface area (Å²) in [5, 5.41) is 0. The van der Waals surface area contributed by atoms with Crippen molar-refractivity contribution in [2.24, 2.45) is 0 Å². The van der Waals surface area contributed by atoms with Gasteiger partial charge >= 0.3 is 0 Å². The third-order valence-electron chi connectivity index (χ3n) is 5.26. The fraction of sp³-hybridized carbons (Fsp3) is 0.400. The van der Waals surface area contributed by atoms with Crippen LogP contribution in [0.4, 0.5) is 0 Å². The predicted octanol–water partition coefficient (Wildman–Crippen LogP) is 3.93. The Morgan fingerprint density at radius 3 is 2.00 bits per heavy atom. The Morgan fingerprint density at radius 1 is 0.692 bits per heavy atom. The number of aryl methyl sites for hydroxylation is 6. The smallest absolute Gasteiger partial charge is 0.159 e. The molecular weight excluding hydrogens is 324 g/mol. The Morgan fingerprint density at radius 2 is 1.31 bits per heavy atom. The van der Waals surface area contributed by atoms with Gasteiger partial charge in [-0.1, -0.05) is 0 Å². The summed E-state index contributed by atoms with van der Waals surface area (Å²) >= 11 is 0. The van der Waals surface area contributed by atoms with Gasteiger partial charge in [0.2, 0.25) is 0 Å². The van der Waals surface area contributed by atoms with Crippen LogP contribution in [0.15, 0.2) is 12.5 Å². The van der Waals surface area contributed by atoms with Gasteiger partial charge in [0.05, 0.1) is 11.9 Å². The Bertz CT molecular complexity index is 1120. The van der Waals surface area contributed by atoms with Crippen LogP contribution in [0.5, 0.6) is 0 Å². The van der Waals surface area contributed by atoms with Gasteiger partial charge in [-0.25, -0.2) is 19.9 Å². The summed E-state index contributed by atoms with van der Waals surface area (Å²) in [5.74, 6) is 1.00. The largest absolute Gasteiger partial charge is 0.287 e. The average Bonchev–Trinajstić information content (AvgIpc) is 3.15. The van der Waals surface area contributed by atoms with Crippen LogP contribution in [0, 0.1) is 55.4 Å². The molecule has 0 saturated carbocycles. The molecule has 0 fully saturated rings. The molecular formula is C20H26N6. The molecule has 4 aromatic heterocycles. The average molecular weight is 350 g/mol. The van der Waals surface area contributed by atoms with Crippen molar-refractivity contribution in [1.29, 1.82) is 0 Å². The Balaban J connectivity index is 0.000000151. The molecule has 0 atom stereocenters. The lowest BCUT2D eigenvalue weighted by molar-refractivity contribution is 0.940. The van der Waals surface area contributed by atoms with Crippen LogP contribution >= 0.6 is 0 Å². The summed E-state index contributed by atoms with van der Waals surface area (Å²) < 4.78 is 4.12. The molecule has 4 heterocycles. The molecule has 0 amide bonds. The van der Waals surface area contributed by atoms with Crippen molar-refractivity contribution in [3.05, 3.63) is 57.9 Å². The van der Waals surface area contributed by atoms with E-state index in [1.807, 2.05) is 44.6 Å². The Kier molecular flexibility index (Phi) is 4.52. The van der Waals surface area contributed by atoms with Gasteiger partial charge < -0.3 is 0 Å². The van der Waals surface area contributed by atoms with Gasteiger partial charge in [0.1, 0.15) is 12.2 Å². The first-order valence-corrected chi connectivity index (χ1v) is 8.77. The number of rotatable bonds is 0. The molecule has 0 unspecified atom stereocenters. The van der Waals surface area contributed by atoms with Crippen molar-refractivity contribution in [2.75, 3.05) is 0 Å². The van der Waals surface area contributed by atoms with Crippen molar-refractivity contribution in [2.45, 2.75) is 55.4 Å². The lowest BCUT2D eigenvalue weighted by atomic mass is 10.2. The van der Waals surface area contributed by atoms with E-state index in [4.69, 9.17) is 0 Å². The summed E-state index contributed by atoms with van der Waals surface area (Å²) in [4.78, 5) is 17.4. The standard InChI is InChI=1S/2C10H13N3/c1-6-7(2)12-10-8(3)11-5-13(10)9(6)4;1-6-7(2)12-10-5-11-9(4)13(10)8(6)3/h2*5H,1-4H3. The third-order valence-corrected chi connectivity index (χ3v) is 5.26. The zero-order valence-corrected chi connectivity index (χ0v) is 16.8.